The molecule has 110 valence electrons. The lowest BCUT2D eigenvalue weighted by atomic mass is 10.0. The summed E-state index contributed by atoms with van der Waals surface area (Å²) in [7, 11) is 0. The van der Waals surface area contributed by atoms with Crippen LogP contribution in [0, 0.1) is 5.92 Å². The highest BCUT2D eigenvalue weighted by molar-refractivity contribution is 5.85. The third-order valence-electron chi connectivity index (χ3n) is 2.84. The van der Waals surface area contributed by atoms with Crippen molar-refractivity contribution in [2.45, 2.75) is 26.3 Å². The van der Waals surface area contributed by atoms with Gasteiger partial charge in [0.15, 0.2) is 0 Å². The van der Waals surface area contributed by atoms with Crippen molar-refractivity contribution >= 4 is 11.9 Å². The summed E-state index contributed by atoms with van der Waals surface area (Å²) in [5, 5.41) is 8.88. The molecule has 0 aromatic heterocycles. The van der Waals surface area contributed by atoms with E-state index in [2.05, 4.69) is 0 Å². The summed E-state index contributed by atoms with van der Waals surface area (Å²) in [6, 6.07) is 8.75. The van der Waals surface area contributed by atoms with E-state index < -0.39 is 12.0 Å². The number of carbonyl (C=O) groups excluding carboxylic acids is 1. The number of benzene rings is 1. The molecule has 1 amide bonds. The molecule has 0 fully saturated rings. The van der Waals surface area contributed by atoms with Gasteiger partial charge in [0.25, 0.3) is 0 Å². The van der Waals surface area contributed by atoms with E-state index in [0.717, 1.165) is 5.56 Å². The molecular formula is C15H22N2O3. The second kappa shape index (κ2) is 7.65. The van der Waals surface area contributed by atoms with E-state index in [1.807, 2.05) is 44.2 Å². The Balaban J connectivity index is 2.69. The Morgan fingerprint density at radius 3 is 2.35 bits per heavy atom. The van der Waals surface area contributed by atoms with E-state index in [1.54, 1.807) is 0 Å². The minimum Gasteiger partial charge on any atom is -0.480 e. The number of amides is 1. The maximum absolute atomic E-state index is 12.3. The Kier molecular flexibility index (Phi) is 6.18. The van der Waals surface area contributed by atoms with Crippen LogP contribution in [0.2, 0.25) is 0 Å². The third kappa shape index (κ3) is 5.40. The molecule has 0 unspecified atom stereocenters. The fraction of sp³-hybridized carbons (Fsp3) is 0.467. The zero-order valence-corrected chi connectivity index (χ0v) is 12.0. The molecule has 0 aliphatic carbocycles. The van der Waals surface area contributed by atoms with E-state index in [4.69, 9.17) is 10.8 Å². The lowest BCUT2D eigenvalue weighted by molar-refractivity contribution is -0.145. The SMILES string of the molecule is CC(C)CN(CC(=O)O)C(=O)[C@@H](N)Cc1ccccc1. The van der Waals surface area contributed by atoms with Gasteiger partial charge in [-0.25, -0.2) is 0 Å². The van der Waals surface area contributed by atoms with Gasteiger partial charge in [0, 0.05) is 6.54 Å². The lowest BCUT2D eigenvalue weighted by Gasteiger charge is -2.25. The summed E-state index contributed by atoms with van der Waals surface area (Å²) >= 11 is 0. The molecule has 1 aromatic carbocycles. The highest BCUT2D eigenvalue weighted by Crippen LogP contribution is 2.06. The molecule has 20 heavy (non-hydrogen) atoms. The first-order chi connectivity index (χ1) is 9.40. The number of carbonyl (C=O) groups is 2. The minimum atomic E-state index is -1.02. The van der Waals surface area contributed by atoms with Gasteiger partial charge in [-0.3, -0.25) is 9.59 Å². The highest BCUT2D eigenvalue weighted by atomic mass is 16.4. The molecule has 0 aliphatic heterocycles. The van der Waals surface area contributed by atoms with Crippen LogP contribution in [0.25, 0.3) is 0 Å². The van der Waals surface area contributed by atoms with Crippen molar-refractivity contribution < 1.29 is 14.7 Å². The average Bonchev–Trinajstić information content (AvgIpc) is 2.37. The highest BCUT2D eigenvalue weighted by Gasteiger charge is 2.23. The van der Waals surface area contributed by atoms with E-state index in [-0.39, 0.29) is 18.4 Å². The number of nitrogens with zero attached hydrogens (tertiary/aromatic N) is 1. The summed E-state index contributed by atoms with van der Waals surface area (Å²) < 4.78 is 0. The summed E-state index contributed by atoms with van der Waals surface area (Å²) in [6.45, 7) is 3.96. The summed E-state index contributed by atoms with van der Waals surface area (Å²) in [6.07, 6.45) is 0.411. The molecular weight excluding hydrogens is 256 g/mol. The molecule has 0 heterocycles. The molecule has 1 rings (SSSR count). The topological polar surface area (TPSA) is 83.6 Å². The van der Waals surface area contributed by atoms with E-state index in [9.17, 15) is 9.59 Å². The van der Waals surface area contributed by atoms with Gasteiger partial charge >= 0.3 is 5.97 Å². The fourth-order valence-electron chi connectivity index (χ4n) is 2.03. The monoisotopic (exact) mass is 278 g/mol. The predicted octanol–water partition coefficient (Wildman–Crippen LogP) is 1.13. The van der Waals surface area contributed by atoms with Gasteiger partial charge in [0.05, 0.1) is 6.04 Å². The van der Waals surface area contributed by atoms with Crippen molar-refractivity contribution in [1.82, 2.24) is 4.90 Å². The summed E-state index contributed by atoms with van der Waals surface area (Å²) in [5.41, 5.74) is 6.88. The van der Waals surface area contributed by atoms with Gasteiger partial charge in [-0.1, -0.05) is 44.2 Å². The third-order valence-corrected chi connectivity index (χ3v) is 2.84. The quantitative estimate of drug-likeness (QED) is 0.783. The van der Waals surface area contributed by atoms with Crippen LogP contribution < -0.4 is 5.73 Å². The van der Waals surface area contributed by atoms with E-state index >= 15 is 0 Å². The molecule has 0 spiro atoms. The van der Waals surface area contributed by atoms with Crippen molar-refractivity contribution in [2.75, 3.05) is 13.1 Å². The normalized spacial score (nSPS) is 12.2. The number of hydrogen-bond donors (Lipinski definition) is 2. The van der Waals surface area contributed by atoms with E-state index in [0.29, 0.717) is 13.0 Å². The van der Waals surface area contributed by atoms with Crippen LogP contribution in [0.5, 0.6) is 0 Å². The van der Waals surface area contributed by atoms with Crippen LogP contribution >= 0.6 is 0 Å². The second-order valence-electron chi connectivity index (χ2n) is 5.30. The molecule has 0 saturated carbocycles. The zero-order valence-electron chi connectivity index (χ0n) is 12.0. The number of aliphatic carboxylic acids is 1. The Hall–Kier alpha value is -1.88. The first-order valence-corrected chi connectivity index (χ1v) is 6.70. The first-order valence-electron chi connectivity index (χ1n) is 6.70. The van der Waals surface area contributed by atoms with Crippen LogP contribution in [-0.4, -0.2) is 41.0 Å². The van der Waals surface area contributed by atoms with Gasteiger partial charge in [-0.2, -0.15) is 0 Å². The van der Waals surface area contributed by atoms with Crippen molar-refractivity contribution in [3.63, 3.8) is 0 Å². The van der Waals surface area contributed by atoms with Gasteiger partial charge in [0.1, 0.15) is 6.54 Å². The zero-order chi connectivity index (χ0) is 15.1. The predicted molar refractivity (Wildman–Crippen MR) is 77.2 cm³/mol. The molecule has 0 radical (unpaired) electrons. The molecule has 1 aromatic rings. The van der Waals surface area contributed by atoms with Crippen LogP contribution in [-0.2, 0) is 16.0 Å². The smallest absolute Gasteiger partial charge is 0.323 e. The Bertz CT molecular complexity index is 446. The number of rotatable bonds is 7. The van der Waals surface area contributed by atoms with Crippen LogP contribution in [0.1, 0.15) is 19.4 Å². The lowest BCUT2D eigenvalue weighted by Crippen LogP contribution is -2.48. The average molecular weight is 278 g/mol. The van der Waals surface area contributed by atoms with Crippen LogP contribution in [0.3, 0.4) is 0 Å². The Morgan fingerprint density at radius 2 is 1.85 bits per heavy atom. The van der Waals surface area contributed by atoms with Crippen molar-refractivity contribution in [3.8, 4) is 0 Å². The van der Waals surface area contributed by atoms with Gasteiger partial charge in [-0.15, -0.1) is 0 Å². The maximum Gasteiger partial charge on any atom is 0.323 e. The van der Waals surface area contributed by atoms with Gasteiger partial charge in [0.2, 0.25) is 5.91 Å². The molecule has 5 nitrogen and oxygen atoms in total. The maximum atomic E-state index is 12.3. The molecule has 5 heteroatoms. The molecule has 3 N–H and O–H groups in total. The van der Waals surface area contributed by atoms with Crippen LogP contribution in [0.15, 0.2) is 30.3 Å². The molecule has 0 bridgehead atoms. The van der Waals surface area contributed by atoms with Gasteiger partial charge < -0.3 is 15.7 Å². The van der Waals surface area contributed by atoms with E-state index in [1.165, 1.54) is 4.90 Å². The van der Waals surface area contributed by atoms with Crippen molar-refractivity contribution in [2.24, 2.45) is 11.7 Å². The van der Waals surface area contributed by atoms with Gasteiger partial charge in [-0.05, 0) is 17.9 Å². The number of carboxylic acids is 1. The fourth-order valence-corrected chi connectivity index (χ4v) is 2.03. The second-order valence-corrected chi connectivity index (χ2v) is 5.30. The summed E-state index contributed by atoms with van der Waals surface area (Å²) in [5.74, 6) is -1.14. The van der Waals surface area contributed by atoms with Crippen molar-refractivity contribution in [3.05, 3.63) is 35.9 Å². The van der Waals surface area contributed by atoms with Crippen molar-refractivity contribution in [1.29, 1.82) is 0 Å². The minimum absolute atomic E-state index is 0.197. The first kappa shape index (κ1) is 16.2. The molecule has 0 aliphatic rings. The Labute approximate surface area is 119 Å². The number of hydrogen-bond acceptors (Lipinski definition) is 3. The number of carboxylic acid groups (broad SMARTS) is 1. The number of nitrogens with two attached hydrogens (primary N) is 1. The van der Waals surface area contributed by atoms with Crippen LogP contribution in [0.4, 0.5) is 0 Å². The Morgan fingerprint density at radius 1 is 1.25 bits per heavy atom. The standard InChI is InChI=1S/C15H22N2O3/c1-11(2)9-17(10-14(18)19)15(20)13(16)8-12-6-4-3-5-7-12/h3-7,11,13H,8-10,16H2,1-2H3,(H,18,19)/t13-/m0/s1. The molecule has 1 atom stereocenters. The summed E-state index contributed by atoms with van der Waals surface area (Å²) in [4.78, 5) is 24.4. The largest absolute Gasteiger partial charge is 0.480 e. The molecule has 0 saturated heterocycles.